The monoisotopic (exact) mass is 292 g/mol. The largest absolute Gasteiger partial charge is 0.311 e. The van der Waals surface area contributed by atoms with Crippen molar-refractivity contribution in [3.05, 3.63) is 66.0 Å². The van der Waals surface area contributed by atoms with Crippen LogP contribution in [0.4, 0.5) is 0 Å². The molecule has 1 N–H and O–H groups in total. The number of ketones is 1. The average Bonchev–Trinajstić information content (AvgIpc) is 2.50. The fraction of sp³-hybridized carbons (Fsp3) is 0.368. The summed E-state index contributed by atoms with van der Waals surface area (Å²) in [6.45, 7) is 0.778. The van der Waals surface area contributed by atoms with E-state index in [9.17, 15) is 4.79 Å². The van der Waals surface area contributed by atoms with Gasteiger partial charge in [-0.05, 0) is 37.0 Å². The van der Waals surface area contributed by atoms with Gasteiger partial charge in [-0.15, -0.1) is 0 Å². The summed E-state index contributed by atoms with van der Waals surface area (Å²) in [6.07, 6.45) is 7.94. The summed E-state index contributed by atoms with van der Waals surface area (Å²) in [6, 6.07) is 13.8. The van der Waals surface area contributed by atoms with Crippen LogP contribution < -0.4 is 5.32 Å². The summed E-state index contributed by atoms with van der Waals surface area (Å²) in [5.41, 5.74) is 2.92. The van der Waals surface area contributed by atoms with Crippen molar-refractivity contribution in [1.82, 2.24) is 10.3 Å². The van der Waals surface area contributed by atoms with Crippen molar-refractivity contribution in [1.29, 1.82) is 0 Å². The molecule has 5 rings (SSSR count). The van der Waals surface area contributed by atoms with E-state index < -0.39 is 0 Å². The van der Waals surface area contributed by atoms with Gasteiger partial charge in [-0.1, -0.05) is 30.3 Å². The highest BCUT2D eigenvalue weighted by Gasteiger charge is 2.67. The zero-order chi connectivity index (χ0) is 15.0. The molecule has 2 aromatic rings. The molecular weight excluding hydrogens is 272 g/mol. The van der Waals surface area contributed by atoms with Gasteiger partial charge in [0.2, 0.25) is 0 Å². The summed E-state index contributed by atoms with van der Waals surface area (Å²) >= 11 is 0. The maximum atomic E-state index is 12.1. The smallest absolute Gasteiger partial charge is 0.164 e. The molecule has 3 fully saturated rings. The molecule has 0 amide bonds. The average molecular weight is 292 g/mol. The molecule has 3 nitrogen and oxygen atoms in total. The Bertz CT molecular complexity index is 661. The Morgan fingerprint density at radius 2 is 1.73 bits per heavy atom. The molecule has 0 aliphatic heterocycles. The quantitative estimate of drug-likeness (QED) is 0.832. The molecule has 1 aromatic carbocycles. The molecule has 0 saturated heterocycles. The normalized spacial score (nSPS) is 28.5. The van der Waals surface area contributed by atoms with E-state index in [1.807, 2.05) is 42.7 Å². The minimum Gasteiger partial charge on any atom is -0.311 e. The third kappa shape index (κ3) is 2.17. The van der Waals surface area contributed by atoms with Gasteiger partial charge in [0, 0.05) is 41.9 Å². The van der Waals surface area contributed by atoms with Crippen molar-refractivity contribution in [2.75, 3.05) is 6.54 Å². The molecule has 0 atom stereocenters. The van der Waals surface area contributed by atoms with Crippen molar-refractivity contribution < 1.29 is 4.79 Å². The van der Waals surface area contributed by atoms with Crippen LogP contribution in [-0.2, 0) is 5.41 Å². The molecule has 0 spiro atoms. The predicted octanol–water partition coefficient (Wildman–Crippen LogP) is 3.12. The third-order valence-electron chi connectivity index (χ3n) is 5.27. The van der Waals surface area contributed by atoms with Crippen LogP contribution in [0.2, 0.25) is 0 Å². The Labute approximate surface area is 130 Å². The second-order valence-corrected chi connectivity index (χ2v) is 6.79. The number of nitrogens with zero attached hydrogens (tertiary/aromatic N) is 1. The molecule has 0 radical (unpaired) electrons. The highest BCUT2D eigenvalue weighted by Crippen LogP contribution is 2.67. The number of rotatable bonds is 6. The lowest BCUT2D eigenvalue weighted by Gasteiger charge is -2.71. The fourth-order valence-corrected chi connectivity index (χ4v) is 4.20. The van der Waals surface area contributed by atoms with Crippen LogP contribution in [0.15, 0.2) is 54.9 Å². The van der Waals surface area contributed by atoms with E-state index in [1.54, 1.807) is 0 Å². The molecule has 112 valence electrons. The number of hydrogen-bond donors (Lipinski definition) is 1. The van der Waals surface area contributed by atoms with Crippen molar-refractivity contribution in [2.45, 2.75) is 36.6 Å². The van der Waals surface area contributed by atoms with Crippen LogP contribution in [0.3, 0.4) is 0 Å². The van der Waals surface area contributed by atoms with E-state index >= 15 is 0 Å². The van der Waals surface area contributed by atoms with Crippen LogP contribution >= 0.6 is 0 Å². The van der Waals surface area contributed by atoms with Gasteiger partial charge in [0.05, 0.1) is 0 Å². The van der Waals surface area contributed by atoms with Gasteiger partial charge >= 0.3 is 0 Å². The first-order valence-corrected chi connectivity index (χ1v) is 7.95. The van der Waals surface area contributed by atoms with Gasteiger partial charge in [0.15, 0.2) is 5.78 Å². The van der Waals surface area contributed by atoms with E-state index in [0.29, 0.717) is 17.4 Å². The maximum Gasteiger partial charge on any atom is 0.164 e. The molecule has 0 unspecified atom stereocenters. The summed E-state index contributed by atoms with van der Waals surface area (Å²) < 4.78 is 0. The second kappa shape index (κ2) is 5.03. The van der Waals surface area contributed by atoms with Crippen molar-refractivity contribution >= 4 is 5.78 Å². The number of pyridine rings is 1. The van der Waals surface area contributed by atoms with Crippen molar-refractivity contribution in [3.8, 4) is 0 Å². The zero-order valence-electron chi connectivity index (χ0n) is 12.6. The topological polar surface area (TPSA) is 42.0 Å². The van der Waals surface area contributed by atoms with E-state index in [2.05, 4.69) is 22.4 Å². The zero-order valence-corrected chi connectivity index (χ0v) is 12.6. The number of Topliss-reactive ketones (excluding diaryl/α,β-unsaturated/α-hetero) is 1. The van der Waals surface area contributed by atoms with E-state index in [-0.39, 0.29) is 5.78 Å². The maximum absolute atomic E-state index is 12.1. The van der Waals surface area contributed by atoms with E-state index in [4.69, 9.17) is 0 Å². The van der Waals surface area contributed by atoms with Gasteiger partial charge in [-0.2, -0.15) is 0 Å². The van der Waals surface area contributed by atoms with E-state index in [1.165, 1.54) is 24.8 Å². The predicted molar refractivity (Wildman–Crippen MR) is 85.9 cm³/mol. The number of nitrogens with one attached hydrogen (secondary N) is 1. The summed E-state index contributed by atoms with van der Waals surface area (Å²) in [4.78, 5) is 16.2. The first-order valence-electron chi connectivity index (χ1n) is 7.95. The molecule has 3 saturated carbocycles. The van der Waals surface area contributed by atoms with Gasteiger partial charge < -0.3 is 5.32 Å². The molecule has 1 heterocycles. The highest BCUT2D eigenvalue weighted by atomic mass is 16.1. The molecular formula is C19H20N2O. The Kier molecular flexibility index (Phi) is 3.12. The third-order valence-corrected chi connectivity index (χ3v) is 5.27. The number of aromatic nitrogens is 1. The first-order chi connectivity index (χ1) is 10.7. The molecule has 2 bridgehead atoms. The van der Waals surface area contributed by atoms with Crippen LogP contribution in [0.25, 0.3) is 0 Å². The lowest BCUT2D eigenvalue weighted by atomic mass is 9.37. The Hall–Kier alpha value is -2.00. The summed E-state index contributed by atoms with van der Waals surface area (Å²) in [5.74, 6) is 0.226. The first kappa shape index (κ1) is 13.6. The number of carbonyl (C=O) groups excluding carboxylic acids is 1. The lowest BCUT2D eigenvalue weighted by Crippen LogP contribution is -2.76. The molecule has 3 aliphatic carbocycles. The minimum absolute atomic E-state index is 0.226. The second-order valence-electron chi connectivity index (χ2n) is 6.79. The fourth-order valence-electron chi connectivity index (χ4n) is 4.20. The number of hydrogen-bond acceptors (Lipinski definition) is 3. The molecule has 3 aliphatic rings. The lowest BCUT2D eigenvalue weighted by molar-refractivity contribution is -0.0875. The van der Waals surface area contributed by atoms with Gasteiger partial charge in [0.25, 0.3) is 0 Å². The van der Waals surface area contributed by atoms with Crippen molar-refractivity contribution in [2.24, 2.45) is 0 Å². The Balaban J connectivity index is 1.27. The highest BCUT2D eigenvalue weighted by molar-refractivity contribution is 5.96. The SMILES string of the molecule is O=C(CCNC12CC(c3ccncc3)(C1)C2)c1ccccc1. The molecule has 1 aromatic heterocycles. The van der Waals surface area contributed by atoms with Crippen LogP contribution in [0, 0.1) is 0 Å². The molecule has 3 heteroatoms. The Morgan fingerprint density at radius 3 is 2.41 bits per heavy atom. The van der Waals surface area contributed by atoms with Crippen LogP contribution in [0.1, 0.15) is 41.6 Å². The minimum atomic E-state index is 0.226. The summed E-state index contributed by atoms with van der Waals surface area (Å²) in [5, 5.41) is 3.62. The van der Waals surface area contributed by atoms with E-state index in [0.717, 1.165) is 12.1 Å². The molecule has 22 heavy (non-hydrogen) atoms. The van der Waals surface area contributed by atoms with Crippen molar-refractivity contribution in [3.63, 3.8) is 0 Å². The van der Waals surface area contributed by atoms with Crippen LogP contribution in [0.5, 0.6) is 0 Å². The Morgan fingerprint density at radius 1 is 1.05 bits per heavy atom. The summed E-state index contributed by atoms with van der Waals surface area (Å²) in [7, 11) is 0. The number of benzene rings is 1. The van der Waals surface area contributed by atoms with Crippen LogP contribution in [-0.4, -0.2) is 22.9 Å². The van der Waals surface area contributed by atoms with Gasteiger partial charge in [-0.3, -0.25) is 9.78 Å². The standard InChI is InChI=1S/C19H20N2O/c22-17(15-4-2-1-3-5-15)8-11-21-19-12-18(13-19,14-19)16-6-9-20-10-7-16/h1-7,9-10,21H,8,11-14H2. The van der Waals surface area contributed by atoms with Gasteiger partial charge in [0.1, 0.15) is 0 Å². The van der Waals surface area contributed by atoms with Gasteiger partial charge in [-0.25, -0.2) is 0 Å². The number of carbonyl (C=O) groups is 1.